The molecule has 0 amide bonds. The van der Waals surface area contributed by atoms with Crippen molar-refractivity contribution in [2.45, 2.75) is 30.7 Å². The molecule has 1 atom stereocenters. The fraction of sp³-hybridized carbons (Fsp3) is 0.538. The summed E-state index contributed by atoms with van der Waals surface area (Å²) in [6.45, 7) is 3.13. The lowest BCUT2D eigenvalue weighted by molar-refractivity contribution is 0.171. The van der Waals surface area contributed by atoms with Crippen LogP contribution in [-0.4, -0.2) is 34.2 Å². The topological polar surface area (TPSA) is 90.7 Å². The Hall–Kier alpha value is -1.31. The highest BCUT2D eigenvalue weighted by molar-refractivity contribution is 7.89. The van der Waals surface area contributed by atoms with E-state index in [2.05, 4.69) is 4.72 Å². The Morgan fingerprint density at radius 2 is 2.00 bits per heavy atom. The molecule has 6 nitrogen and oxygen atoms in total. The van der Waals surface area contributed by atoms with Crippen molar-refractivity contribution in [2.24, 2.45) is 5.73 Å². The first-order chi connectivity index (χ1) is 9.53. The summed E-state index contributed by atoms with van der Waals surface area (Å²) in [7, 11) is -3.57. The minimum atomic E-state index is -3.57. The van der Waals surface area contributed by atoms with Crippen LogP contribution in [0.1, 0.15) is 19.8 Å². The number of nitrogens with two attached hydrogens (primary N) is 1. The molecule has 1 aliphatic heterocycles. The van der Waals surface area contributed by atoms with Crippen molar-refractivity contribution in [3.8, 4) is 11.5 Å². The van der Waals surface area contributed by atoms with E-state index in [9.17, 15) is 8.42 Å². The molecule has 0 saturated heterocycles. The molecule has 0 saturated carbocycles. The molecule has 0 aromatic heterocycles. The van der Waals surface area contributed by atoms with Crippen molar-refractivity contribution < 1.29 is 17.9 Å². The SMILES string of the molecule is CCCC(N)CNS(=O)(=O)c1ccc2c(c1)OCCO2. The molecule has 0 spiro atoms. The Morgan fingerprint density at radius 1 is 1.30 bits per heavy atom. The Balaban J connectivity index is 2.09. The van der Waals surface area contributed by atoms with Crippen LogP contribution >= 0.6 is 0 Å². The highest BCUT2D eigenvalue weighted by Gasteiger charge is 2.19. The van der Waals surface area contributed by atoms with Gasteiger partial charge in [0, 0.05) is 18.7 Å². The molecular weight excluding hydrogens is 280 g/mol. The van der Waals surface area contributed by atoms with Crippen molar-refractivity contribution in [1.29, 1.82) is 0 Å². The van der Waals surface area contributed by atoms with Crippen molar-refractivity contribution in [2.75, 3.05) is 19.8 Å². The maximum absolute atomic E-state index is 12.2. The second-order valence-corrected chi connectivity index (χ2v) is 6.47. The van der Waals surface area contributed by atoms with Crippen LogP contribution in [0.2, 0.25) is 0 Å². The van der Waals surface area contributed by atoms with Gasteiger partial charge in [-0.3, -0.25) is 0 Å². The van der Waals surface area contributed by atoms with E-state index in [1.54, 1.807) is 6.07 Å². The number of benzene rings is 1. The highest BCUT2D eigenvalue weighted by atomic mass is 32.2. The molecule has 0 aliphatic carbocycles. The summed E-state index contributed by atoms with van der Waals surface area (Å²) in [5.74, 6) is 1.02. The number of rotatable bonds is 6. The number of hydrogen-bond acceptors (Lipinski definition) is 5. The Morgan fingerprint density at radius 3 is 2.70 bits per heavy atom. The molecule has 20 heavy (non-hydrogen) atoms. The minimum absolute atomic E-state index is 0.158. The van der Waals surface area contributed by atoms with Gasteiger partial charge in [-0.05, 0) is 18.6 Å². The second-order valence-electron chi connectivity index (χ2n) is 4.71. The van der Waals surface area contributed by atoms with Gasteiger partial charge in [-0.1, -0.05) is 13.3 Å². The van der Waals surface area contributed by atoms with E-state index in [0.717, 1.165) is 12.8 Å². The van der Waals surface area contributed by atoms with Gasteiger partial charge < -0.3 is 15.2 Å². The maximum Gasteiger partial charge on any atom is 0.240 e. The molecule has 0 bridgehead atoms. The summed E-state index contributed by atoms with van der Waals surface area (Å²) in [6.07, 6.45) is 1.70. The van der Waals surface area contributed by atoms with E-state index in [1.807, 2.05) is 6.92 Å². The zero-order valence-electron chi connectivity index (χ0n) is 11.5. The van der Waals surface area contributed by atoms with E-state index >= 15 is 0 Å². The van der Waals surface area contributed by atoms with Gasteiger partial charge in [-0.15, -0.1) is 0 Å². The van der Waals surface area contributed by atoms with Gasteiger partial charge in [-0.2, -0.15) is 0 Å². The standard InChI is InChI=1S/C13H20N2O4S/c1-2-3-10(14)9-15-20(16,17)11-4-5-12-13(8-11)19-7-6-18-12/h4-5,8,10,15H,2-3,6-7,9,14H2,1H3. The van der Waals surface area contributed by atoms with Crippen LogP contribution in [0.4, 0.5) is 0 Å². The smallest absolute Gasteiger partial charge is 0.240 e. The molecule has 3 N–H and O–H groups in total. The molecule has 1 aromatic rings. The van der Waals surface area contributed by atoms with Crippen molar-refractivity contribution in [3.63, 3.8) is 0 Å². The third-order valence-electron chi connectivity index (χ3n) is 3.02. The van der Waals surface area contributed by atoms with Crippen molar-refractivity contribution in [3.05, 3.63) is 18.2 Å². The van der Waals surface area contributed by atoms with Gasteiger partial charge in [0.1, 0.15) is 13.2 Å². The lowest BCUT2D eigenvalue weighted by Crippen LogP contribution is -2.37. The normalized spacial score (nSPS) is 15.9. The third kappa shape index (κ3) is 3.62. The molecule has 7 heteroatoms. The first-order valence-electron chi connectivity index (χ1n) is 6.68. The zero-order valence-corrected chi connectivity index (χ0v) is 12.3. The molecule has 1 unspecified atom stereocenters. The van der Waals surface area contributed by atoms with Gasteiger partial charge in [0.2, 0.25) is 10.0 Å². The average molecular weight is 300 g/mol. The Labute approximate surface area is 119 Å². The van der Waals surface area contributed by atoms with Crippen LogP contribution in [0, 0.1) is 0 Å². The van der Waals surface area contributed by atoms with Crippen LogP contribution < -0.4 is 19.9 Å². The quantitative estimate of drug-likeness (QED) is 0.813. The average Bonchev–Trinajstić information content (AvgIpc) is 2.45. The van der Waals surface area contributed by atoms with Crippen LogP contribution in [0.25, 0.3) is 0 Å². The van der Waals surface area contributed by atoms with Gasteiger partial charge in [-0.25, -0.2) is 13.1 Å². The fourth-order valence-corrected chi connectivity index (χ4v) is 3.07. The first kappa shape index (κ1) is 15.1. The predicted octanol–water partition coefficient (Wildman–Crippen LogP) is 0.864. The van der Waals surface area contributed by atoms with Gasteiger partial charge in [0.25, 0.3) is 0 Å². The molecule has 0 fully saturated rings. The molecule has 112 valence electrons. The van der Waals surface area contributed by atoms with Crippen LogP contribution in [0.3, 0.4) is 0 Å². The summed E-state index contributed by atoms with van der Waals surface area (Å²) in [4.78, 5) is 0.158. The lowest BCUT2D eigenvalue weighted by atomic mass is 10.2. The zero-order chi connectivity index (χ0) is 14.6. The Bertz CT molecular complexity index is 559. The molecular formula is C13H20N2O4S. The molecule has 1 heterocycles. The van der Waals surface area contributed by atoms with E-state index in [0.29, 0.717) is 24.7 Å². The largest absolute Gasteiger partial charge is 0.486 e. The van der Waals surface area contributed by atoms with Gasteiger partial charge >= 0.3 is 0 Å². The van der Waals surface area contributed by atoms with E-state index in [1.165, 1.54) is 12.1 Å². The predicted molar refractivity (Wildman–Crippen MR) is 75.5 cm³/mol. The second kappa shape index (κ2) is 6.43. The monoisotopic (exact) mass is 300 g/mol. The number of hydrogen-bond donors (Lipinski definition) is 2. The minimum Gasteiger partial charge on any atom is -0.486 e. The Kier molecular flexibility index (Phi) is 4.85. The maximum atomic E-state index is 12.2. The summed E-state index contributed by atoms with van der Waals surface area (Å²) in [6, 6.07) is 4.41. The molecule has 1 aromatic carbocycles. The van der Waals surface area contributed by atoms with E-state index in [4.69, 9.17) is 15.2 Å². The number of sulfonamides is 1. The van der Waals surface area contributed by atoms with Crippen molar-refractivity contribution >= 4 is 10.0 Å². The van der Waals surface area contributed by atoms with Gasteiger partial charge in [0.05, 0.1) is 4.90 Å². The van der Waals surface area contributed by atoms with E-state index < -0.39 is 10.0 Å². The molecule has 1 aliphatic rings. The molecule has 2 rings (SSSR count). The summed E-state index contributed by atoms with van der Waals surface area (Å²) < 4.78 is 37.6. The van der Waals surface area contributed by atoms with Crippen molar-refractivity contribution in [1.82, 2.24) is 4.72 Å². The summed E-state index contributed by atoms with van der Waals surface area (Å²) in [5.41, 5.74) is 5.81. The van der Waals surface area contributed by atoms with Gasteiger partial charge in [0.15, 0.2) is 11.5 Å². The number of nitrogens with one attached hydrogen (secondary N) is 1. The number of fused-ring (bicyclic) bond motifs is 1. The first-order valence-corrected chi connectivity index (χ1v) is 8.16. The lowest BCUT2D eigenvalue weighted by Gasteiger charge is -2.19. The summed E-state index contributed by atoms with van der Waals surface area (Å²) >= 11 is 0. The molecule has 0 radical (unpaired) electrons. The van der Waals surface area contributed by atoms with Crippen LogP contribution in [0.15, 0.2) is 23.1 Å². The highest BCUT2D eigenvalue weighted by Crippen LogP contribution is 2.32. The van der Waals surface area contributed by atoms with Crippen LogP contribution in [0.5, 0.6) is 11.5 Å². The van der Waals surface area contributed by atoms with Crippen LogP contribution in [-0.2, 0) is 10.0 Å². The van der Waals surface area contributed by atoms with E-state index in [-0.39, 0.29) is 17.5 Å². The number of ether oxygens (including phenoxy) is 2. The third-order valence-corrected chi connectivity index (χ3v) is 4.44. The summed E-state index contributed by atoms with van der Waals surface area (Å²) in [5, 5.41) is 0. The fourth-order valence-electron chi connectivity index (χ4n) is 1.96.